The standard InChI is InChI=1S/C31H48N2O10S4/c34-32-26(1-9-40-10-2-26)17-30(18-27(32)3-11-41-12-4-27)44(36)21-25(22-45(30)37)23-46(38)31(47(39)24-25)19-28(5-13-42-14-6-28)33(35)29(20-31)7-15-43-16-8-29/h1-24H2. The first-order chi connectivity index (χ1) is 22.5. The van der Waals surface area contributed by atoms with Crippen LogP contribution in [0.15, 0.2) is 0 Å². The van der Waals surface area contributed by atoms with Gasteiger partial charge in [-0.25, -0.2) is 0 Å². The number of rotatable bonds is 0. The number of hydroxylamine groups is 4. The van der Waals surface area contributed by atoms with Gasteiger partial charge in [0.05, 0.1) is 22.2 Å². The zero-order chi connectivity index (χ0) is 32.8. The van der Waals surface area contributed by atoms with Gasteiger partial charge in [-0.2, -0.15) is 0 Å². The van der Waals surface area contributed by atoms with Crippen LogP contribution in [0.25, 0.3) is 0 Å². The Hall–Kier alpha value is 0.280. The largest absolute Gasteiger partial charge is 0.381 e. The van der Waals surface area contributed by atoms with Crippen molar-refractivity contribution in [2.24, 2.45) is 5.41 Å². The van der Waals surface area contributed by atoms with E-state index in [1.807, 2.05) is 0 Å². The second kappa shape index (κ2) is 12.2. The highest BCUT2D eigenvalue weighted by Gasteiger charge is 2.71. The fraction of sp³-hybridized carbons (Fsp3) is 1.00. The Morgan fingerprint density at radius 2 is 0.596 bits per heavy atom. The summed E-state index contributed by atoms with van der Waals surface area (Å²) in [7, 11) is -6.42. The molecule has 266 valence electrons. The Morgan fingerprint density at radius 1 is 0.383 bits per heavy atom. The summed E-state index contributed by atoms with van der Waals surface area (Å²) in [5, 5.41) is 31.0. The lowest BCUT2D eigenvalue weighted by Gasteiger charge is -2.63. The number of hydrogen-bond donors (Lipinski definition) is 0. The predicted octanol–water partition coefficient (Wildman–Crippen LogP) is 1.47. The summed E-state index contributed by atoms with van der Waals surface area (Å²) in [4.78, 5) is 0. The summed E-state index contributed by atoms with van der Waals surface area (Å²) >= 11 is 0. The van der Waals surface area contributed by atoms with Gasteiger partial charge < -0.3 is 18.9 Å². The molecule has 4 unspecified atom stereocenters. The van der Waals surface area contributed by atoms with Crippen LogP contribution in [0.1, 0.15) is 77.0 Å². The molecule has 2 radical (unpaired) electrons. The van der Waals surface area contributed by atoms with E-state index in [4.69, 9.17) is 18.9 Å². The fourth-order valence-corrected chi connectivity index (χ4v) is 21.8. The van der Waals surface area contributed by atoms with Crippen LogP contribution in [0.4, 0.5) is 0 Å². The van der Waals surface area contributed by atoms with Gasteiger partial charge in [0, 0.05) is 124 Å². The van der Waals surface area contributed by atoms with Crippen LogP contribution in [-0.2, 0) is 72.6 Å². The molecule has 8 fully saturated rings. The van der Waals surface area contributed by atoms with Crippen LogP contribution in [0.5, 0.6) is 0 Å². The first-order valence-corrected chi connectivity index (χ1v) is 22.6. The van der Waals surface area contributed by atoms with Crippen molar-refractivity contribution in [2.75, 3.05) is 75.9 Å². The molecular formula is C31H48N2O10S4. The van der Waals surface area contributed by atoms with Crippen LogP contribution in [0.2, 0.25) is 0 Å². The van der Waals surface area contributed by atoms with Gasteiger partial charge in [0.25, 0.3) is 0 Å². The fourth-order valence-electron chi connectivity index (χ4n) is 10.7. The molecule has 8 aliphatic heterocycles. The molecule has 0 bridgehead atoms. The van der Waals surface area contributed by atoms with E-state index in [1.165, 1.54) is 10.1 Å². The van der Waals surface area contributed by atoms with Gasteiger partial charge in [0.2, 0.25) is 0 Å². The lowest BCUT2D eigenvalue weighted by Crippen LogP contribution is -2.75. The van der Waals surface area contributed by atoms with Crippen molar-refractivity contribution in [3.8, 4) is 0 Å². The predicted molar refractivity (Wildman–Crippen MR) is 175 cm³/mol. The first-order valence-electron chi connectivity index (χ1n) is 17.3. The smallest absolute Gasteiger partial charge is 0.124 e. The Morgan fingerprint density at radius 3 is 0.809 bits per heavy atom. The van der Waals surface area contributed by atoms with Gasteiger partial charge >= 0.3 is 0 Å². The number of ether oxygens (including phenoxy) is 4. The van der Waals surface area contributed by atoms with Gasteiger partial charge in [-0.15, -0.1) is 20.5 Å². The van der Waals surface area contributed by atoms with E-state index >= 15 is 0 Å². The molecular weight excluding hydrogens is 689 g/mol. The van der Waals surface area contributed by atoms with Crippen molar-refractivity contribution in [1.29, 1.82) is 0 Å². The number of nitrogens with zero attached hydrogens (tertiary/aromatic N) is 2. The summed E-state index contributed by atoms with van der Waals surface area (Å²) in [6.07, 6.45) is 5.21. The summed E-state index contributed by atoms with van der Waals surface area (Å²) in [6, 6.07) is 0. The van der Waals surface area contributed by atoms with Gasteiger partial charge in [0.15, 0.2) is 0 Å². The van der Waals surface area contributed by atoms with E-state index < -0.39 is 78.9 Å². The average Bonchev–Trinajstić information content (AvgIpc) is 3.06. The summed E-state index contributed by atoms with van der Waals surface area (Å²) in [6.45, 7) is 3.50. The Kier molecular flexibility index (Phi) is 8.90. The normalized spacial score (nSPS) is 46.5. The molecule has 0 aromatic rings. The topological polar surface area (TPSA) is 151 Å². The molecule has 0 saturated carbocycles. The molecule has 8 heterocycles. The maximum absolute atomic E-state index is 14.8. The zero-order valence-electron chi connectivity index (χ0n) is 27.1. The van der Waals surface area contributed by atoms with Crippen LogP contribution in [0.3, 0.4) is 0 Å². The average molecular weight is 737 g/mol. The summed E-state index contributed by atoms with van der Waals surface area (Å²) < 4.78 is 79.7. The van der Waals surface area contributed by atoms with Crippen LogP contribution >= 0.6 is 0 Å². The molecule has 8 saturated heterocycles. The van der Waals surface area contributed by atoms with Crippen molar-refractivity contribution in [2.45, 2.75) is 107 Å². The molecule has 4 atom stereocenters. The second-order valence-electron chi connectivity index (χ2n) is 15.9. The Balaban J connectivity index is 1.10. The monoisotopic (exact) mass is 736 g/mol. The molecule has 0 aromatic carbocycles. The second-order valence-corrected chi connectivity index (χ2v) is 23.5. The van der Waals surface area contributed by atoms with Crippen molar-refractivity contribution in [3.63, 3.8) is 0 Å². The Labute approximate surface area is 287 Å². The van der Waals surface area contributed by atoms with Gasteiger partial charge in [-0.1, -0.05) is 0 Å². The van der Waals surface area contributed by atoms with Gasteiger partial charge in [-0.3, -0.25) is 16.8 Å². The van der Waals surface area contributed by atoms with E-state index in [1.54, 1.807) is 0 Å². The molecule has 7 spiro atoms. The third-order valence-corrected chi connectivity index (χ3v) is 23.4. The van der Waals surface area contributed by atoms with Crippen LogP contribution < -0.4 is 0 Å². The van der Waals surface area contributed by atoms with E-state index in [9.17, 15) is 27.3 Å². The van der Waals surface area contributed by atoms with Crippen molar-refractivity contribution in [1.82, 2.24) is 10.1 Å². The molecule has 16 heteroatoms. The highest BCUT2D eigenvalue weighted by Crippen LogP contribution is 2.60. The summed E-state index contributed by atoms with van der Waals surface area (Å²) in [5.41, 5.74) is -4.05. The van der Waals surface area contributed by atoms with Gasteiger partial charge in [-0.05, 0) is 77.0 Å². The van der Waals surface area contributed by atoms with Crippen LogP contribution in [-0.4, -0.2) is 133 Å². The number of hydrogen-bond acceptors (Lipinski definition) is 10. The maximum Gasteiger partial charge on any atom is 0.124 e. The zero-order valence-corrected chi connectivity index (χ0v) is 30.3. The van der Waals surface area contributed by atoms with Crippen LogP contribution in [0, 0.1) is 5.41 Å². The third kappa shape index (κ3) is 5.19. The van der Waals surface area contributed by atoms with E-state index in [0.29, 0.717) is 104 Å². The van der Waals surface area contributed by atoms with Crippen molar-refractivity contribution < 1.29 is 46.2 Å². The minimum Gasteiger partial charge on any atom is -0.381 e. The lowest BCUT2D eigenvalue weighted by atomic mass is 9.71. The molecule has 0 aliphatic carbocycles. The van der Waals surface area contributed by atoms with E-state index in [-0.39, 0.29) is 48.7 Å². The molecule has 0 aromatic heterocycles. The lowest BCUT2D eigenvalue weighted by molar-refractivity contribution is -0.328. The quantitative estimate of drug-likeness (QED) is 0.358. The van der Waals surface area contributed by atoms with Crippen molar-refractivity contribution in [3.05, 3.63) is 0 Å². The minimum absolute atomic E-state index is 0.177. The third-order valence-electron chi connectivity index (χ3n) is 13.2. The first kappa shape index (κ1) is 34.4. The highest BCUT2D eigenvalue weighted by molar-refractivity contribution is 8.06. The molecule has 0 amide bonds. The minimum atomic E-state index is -1.60. The van der Waals surface area contributed by atoms with E-state index in [0.717, 1.165) is 0 Å². The Bertz CT molecular complexity index is 1140. The molecule has 8 aliphatic rings. The van der Waals surface area contributed by atoms with Gasteiger partial charge in [0.1, 0.15) is 8.16 Å². The molecule has 12 nitrogen and oxygen atoms in total. The maximum atomic E-state index is 14.8. The number of piperidine rings is 2. The molecule has 47 heavy (non-hydrogen) atoms. The van der Waals surface area contributed by atoms with Crippen molar-refractivity contribution >= 4 is 43.2 Å². The molecule has 0 N–H and O–H groups in total. The summed E-state index contributed by atoms with van der Waals surface area (Å²) in [5.74, 6) is 0.706. The highest BCUT2D eigenvalue weighted by atomic mass is 32.3. The molecule has 8 rings (SSSR count). The van der Waals surface area contributed by atoms with E-state index in [2.05, 4.69) is 0 Å². The SMILES string of the molecule is [O]N1C2(CCOCC2)CC2(CC13CCOCC3)S(=O)CC1(CS2=O)CS(=O)C2(CC3(CCOCC3)N([O])C3(CCOCC3)C2)S(=O)C1.